The van der Waals surface area contributed by atoms with Crippen LogP contribution in [0.3, 0.4) is 0 Å². The van der Waals surface area contributed by atoms with E-state index in [1.165, 1.54) is 47.6 Å². The van der Waals surface area contributed by atoms with E-state index in [2.05, 4.69) is 51.2 Å². The lowest BCUT2D eigenvalue weighted by Crippen LogP contribution is -2.13. The second-order valence-electron chi connectivity index (χ2n) is 12.0. The molecular weight excluding hydrogens is 744 g/mol. The summed E-state index contributed by atoms with van der Waals surface area (Å²) in [7, 11) is 2.58. The van der Waals surface area contributed by atoms with Crippen LogP contribution >= 0.6 is 0 Å². The topological polar surface area (TPSA) is 249 Å². The number of primary amides is 2. The number of benzene rings is 4. The molecule has 0 radical (unpaired) electrons. The summed E-state index contributed by atoms with van der Waals surface area (Å²) in [5.41, 5.74) is 11.2. The van der Waals surface area contributed by atoms with Gasteiger partial charge in [0.2, 0.25) is 11.6 Å². The Morgan fingerprint density at radius 3 is 1.41 bits per heavy atom. The van der Waals surface area contributed by atoms with Crippen molar-refractivity contribution < 1.29 is 36.6 Å². The van der Waals surface area contributed by atoms with Crippen molar-refractivity contribution in [3.05, 3.63) is 82.9 Å². The largest absolute Gasteiger partial charge is 0.494 e. The summed E-state index contributed by atoms with van der Waals surface area (Å²) in [6.45, 7) is -0.266. The minimum Gasteiger partial charge on any atom is -0.494 e. The highest BCUT2D eigenvalue weighted by Crippen LogP contribution is 2.41. The van der Waals surface area contributed by atoms with E-state index in [0.29, 0.717) is 23.2 Å². The highest BCUT2D eigenvalue weighted by atomic mass is 19.1. The van der Waals surface area contributed by atoms with E-state index in [0.717, 1.165) is 12.1 Å². The predicted octanol–water partition coefficient (Wildman–Crippen LogP) is 3.55. The first-order valence-corrected chi connectivity index (χ1v) is 16.2. The maximum absolute atomic E-state index is 16.1. The van der Waals surface area contributed by atoms with Gasteiger partial charge in [-0.05, 0) is 46.8 Å². The van der Waals surface area contributed by atoms with Crippen LogP contribution in [-0.4, -0.2) is 86.4 Å². The van der Waals surface area contributed by atoms with Crippen LogP contribution in [0.5, 0.6) is 11.5 Å². The molecule has 282 valence electrons. The van der Waals surface area contributed by atoms with Gasteiger partial charge < -0.3 is 30.1 Å². The molecule has 0 unspecified atom stereocenters. The van der Waals surface area contributed by atoms with Crippen molar-refractivity contribution in [2.24, 2.45) is 11.5 Å². The maximum Gasteiger partial charge on any atom is 0.252 e. The van der Waals surface area contributed by atoms with Gasteiger partial charge in [0.05, 0.1) is 47.5 Å². The summed E-state index contributed by atoms with van der Waals surface area (Å²) in [6.07, 6.45) is 0. The number of ether oxygens (including phenoxy) is 2. The molecule has 0 aliphatic carbocycles. The zero-order valence-electron chi connectivity index (χ0n) is 28.8. The highest BCUT2D eigenvalue weighted by Gasteiger charge is 2.29. The van der Waals surface area contributed by atoms with E-state index in [4.69, 9.17) is 20.9 Å². The summed E-state index contributed by atoms with van der Waals surface area (Å²) in [4.78, 5) is 34.2. The van der Waals surface area contributed by atoms with Crippen molar-refractivity contribution in [2.75, 3.05) is 14.2 Å². The average Bonchev–Trinajstić information content (AvgIpc) is 3.99. The van der Waals surface area contributed by atoms with Crippen molar-refractivity contribution in [2.45, 2.75) is 13.1 Å². The van der Waals surface area contributed by atoms with Crippen LogP contribution in [0.1, 0.15) is 20.7 Å². The summed E-state index contributed by atoms with van der Waals surface area (Å²) in [5, 5.41) is 27.2. The molecule has 4 aromatic carbocycles. The van der Waals surface area contributed by atoms with Crippen molar-refractivity contribution >= 4 is 33.9 Å². The molecule has 0 atom stereocenters. The second kappa shape index (κ2) is 13.6. The van der Waals surface area contributed by atoms with Gasteiger partial charge in [-0.1, -0.05) is 0 Å². The van der Waals surface area contributed by atoms with E-state index in [9.17, 15) is 18.4 Å². The van der Waals surface area contributed by atoms with Gasteiger partial charge in [-0.15, -0.1) is 20.4 Å². The zero-order valence-corrected chi connectivity index (χ0v) is 28.8. The molecule has 2 amide bonds. The maximum atomic E-state index is 16.1. The van der Waals surface area contributed by atoms with Crippen molar-refractivity contribution in [1.82, 2.24) is 60.4 Å². The molecule has 0 saturated carbocycles. The summed E-state index contributed by atoms with van der Waals surface area (Å²) in [5.74, 6) is -6.25. The van der Waals surface area contributed by atoms with Gasteiger partial charge in [0, 0.05) is 36.3 Å². The molecule has 6 N–H and O–H groups in total. The second-order valence-corrected chi connectivity index (χ2v) is 12.0. The number of amides is 2. The fourth-order valence-corrected chi connectivity index (χ4v) is 6.68. The molecule has 0 fully saturated rings. The van der Waals surface area contributed by atoms with Crippen LogP contribution < -0.4 is 20.9 Å². The molecule has 0 aliphatic rings. The number of imidazole rings is 2. The number of aromatic amines is 2. The minimum absolute atomic E-state index is 0.0322. The quantitative estimate of drug-likeness (QED) is 0.138. The van der Waals surface area contributed by atoms with Gasteiger partial charge in [-0.3, -0.25) is 9.59 Å². The van der Waals surface area contributed by atoms with E-state index in [1.54, 1.807) is 0 Å². The number of halogens is 4. The number of rotatable bonds is 11. The van der Waals surface area contributed by atoms with Crippen LogP contribution in [0, 0.1) is 23.3 Å². The molecule has 22 heteroatoms. The van der Waals surface area contributed by atoms with Crippen LogP contribution in [-0.2, 0) is 13.1 Å². The number of carbonyl (C=O) groups excluding carboxylic acids is 2. The van der Waals surface area contributed by atoms with Crippen LogP contribution in [0.4, 0.5) is 17.6 Å². The first kappa shape index (κ1) is 35.3. The lowest BCUT2D eigenvalue weighted by molar-refractivity contribution is 0.0989. The van der Waals surface area contributed by atoms with Crippen molar-refractivity contribution in [3.8, 4) is 57.1 Å². The number of hydrogen-bond donors (Lipinski definition) is 4. The van der Waals surface area contributed by atoms with Gasteiger partial charge in [0.25, 0.3) is 11.8 Å². The zero-order chi connectivity index (χ0) is 39.4. The Hall–Kier alpha value is -7.78. The Morgan fingerprint density at radius 2 is 1.07 bits per heavy atom. The summed E-state index contributed by atoms with van der Waals surface area (Å²) >= 11 is 0. The molecule has 0 aliphatic heterocycles. The molecule has 0 spiro atoms. The lowest BCUT2D eigenvalue weighted by Gasteiger charge is -2.16. The predicted molar refractivity (Wildman–Crippen MR) is 187 cm³/mol. The molecule has 0 saturated heterocycles. The van der Waals surface area contributed by atoms with E-state index in [1.807, 2.05) is 0 Å². The monoisotopic (exact) mass is 768 g/mol. The molecular formula is C34H24F4N14O4. The number of methoxy groups -OCH3 is 2. The molecule has 56 heavy (non-hydrogen) atoms. The number of aryl methyl sites for hydroxylation is 2. The Kier molecular flexibility index (Phi) is 8.54. The van der Waals surface area contributed by atoms with Crippen molar-refractivity contribution in [3.63, 3.8) is 0 Å². The Bertz CT molecular complexity index is 2660. The molecule has 8 aromatic rings. The summed E-state index contributed by atoms with van der Waals surface area (Å²) in [6, 6.07) is 9.10. The number of nitrogens with one attached hydrogen (secondary N) is 2. The molecule has 4 aromatic heterocycles. The fraction of sp³-hybridized carbons (Fsp3) is 0.118. The number of carbonyl (C=O) groups is 2. The van der Waals surface area contributed by atoms with Crippen LogP contribution in [0.25, 0.3) is 67.6 Å². The number of fused-ring (bicyclic) bond motifs is 2. The Morgan fingerprint density at radius 1 is 0.661 bits per heavy atom. The number of nitrogens with two attached hydrogens (primary N) is 2. The third-order valence-corrected chi connectivity index (χ3v) is 8.96. The fourth-order valence-electron chi connectivity index (χ4n) is 6.68. The Labute approximate surface area is 309 Å². The van der Waals surface area contributed by atoms with Gasteiger partial charge in [0.1, 0.15) is 46.0 Å². The van der Waals surface area contributed by atoms with E-state index >= 15 is 8.78 Å². The van der Waals surface area contributed by atoms with Crippen LogP contribution in [0.15, 0.2) is 48.5 Å². The third kappa shape index (κ3) is 5.66. The Balaban J connectivity index is 1.40. The normalized spacial score (nSPS) is 11.5. The highest BCUT2D eigenvalue weighted by molar-refractivity contribution is 6.03. The number of tetrazole rings is 2. The van der Waals surface area contributed by atoms with Gasteiger partial charge >= 0.3 is 0 Å². The molecule has 0 bridgehead atoms. The first-order chi connectivity index (χ1) is 27.0. The number of aromatic nitrogens is 12. The average molecular weight is 769 g/mol. The van der Waals surface area contributed by atoms with E-state index in [-0.39, 0.29) is 92.3 Å². The van der Waals surface area contributed by atoms with Gasteiger partial charge in [-0.25, -0.2) is 27.5 Å². The molecule has 4 heterocycles. The minimum atomic E-state index is -1.05. The summed E-state index contributed by atoms with van der Waals surface area (Å²) < 4.78 is 75.9. The lowest BCUT2D eigenvalue weighted by atomic mass is 10.0. The first-order valence-electron chi connectivity index (χ1n) is 16.2. The molecule has 18 nitrogen and oxygen atoms in total. The third-order valence-electron chi connectivity index (χ3n) is 8.96. The SMILES string of the molecule is COc1c(C(N)=O)ccc2c1nc(-c1c(F)cc(F)cc1-c1nn[nH]n1)n2CCn1c(-c2c(F)cc(F)cc2-c2nn[nH]n2)nc2c(OC)c(C(N)=O)ccc21. The number of hydrogen-bond acceptors (Lipinski definition) is 12. The van der Waals surface area contributed by atoms with Crippen LogP contribution in [0.2, 0.25) is 0 Å². The number of nitrogens with zero attached hydrogens (tertiary/aromatic N) is 10. The smallest absolute Gasteiger partial charge is 0.252 e. The van der Waals surface area contributed by atoms with Crippen molar-refractivity contribution in [1.29, 1.82) is 0 Å². The number of H-pyrrole nitrogens is 2. The standard InChI is InChI=1S/C34H24F4N14O4/c1-55-27-15(29(39)53)3-5-21-25(27)41-33(23-17(31-43-47-48-44-31)9-13(35)11-19(23)37)51(21)7-8-52-22-6-4-16(30(40)54)28(56-2)26(22)42-34(52)24-18(32-45-49-50-46-32)10-14(36)12-20(24)38/h3-6,9-12H,7-8H2,1-2H3,(H2,39,53)(H2,40,54)(H,43,44,47,48)(H,45,46,49,50). The molecule has 8 rings (SSSR count). The van der Waals surface area contributed by atoms with Gasteiger partial charge in [-0.2, -0.15) is 10.4 Å². The van der Waals surface area contributed by atoms with E-state index < -0.39 is 35.1 Å². The van der Waals surface area contributed by atoms with Gasteiger partial charge in [0.15, 0.2) is 11.5 Å².